The first kappa shape index (κ1) is 7.91. The van der Waals surface area contributed by atoms with E-state index in [-0.39, 0.29) is 0 Å². The predicted octanol–water partition coefficient (Wildman–Crippen LogP) is 0.926. The van der Waals surface area contributed by atoms with Crippen LogP contribution in [0.15, 0.2) is 36.7 Å². The van der Waals surface area contributed by atoms with Crippen molar-refractivity contribution in [3.05, 3.63) is 48.8 Å². The van der Waals surface area contributed by atoms with E-state index in [1.54, 1.807) is 11.0 Å². The molecule has 0 saturated heterocycles. The molecule has 0 saturated carbocycles. The van der Waals surface area contributed by atoms with Crippen molar-refractivity contribution in [2.45, 2.75) is 6.42 Å². The Morgan fingerprint density at radius 1 is 1.23 bits per heavy atom. The lowest BCUT2D eigenvalue weighted by Gasteiger charge is -1.98. The molecule has 2 aromatic rings. The molecule has 0 bridgehead atoms. The molecule has 13 heavy (non-hydrogen) atoms. The number of benzene rings is 1. The third-order valence-corrected chi connectivity index (χ3v) is 1.72. The van der Waals surface area contributed by atoms with E-state index >= 15 is 0 Å². The first-order valence-electron chi connectivity index (χ1n) is 4.05. The van der Waals surface area contributed by atoms with Gasteiger partial charge in [-0.3, -0.25) is 0 Å². The standard InChI is InChI=1S/C9H9N4/c1-2-4-9(5-3-1)6-7-13-8-10-11-12-13/h1-5,7-8H,6H2. The molecule has 0 aliphatic carbocycles. The van der Waals surface area contributed by atoms with Crippen molar-refractivity contribution in [2.75, 3.05) is 0 Å². The van der Waals surface area contributed by atoms with Gasteiger partial charge in [-0.25, -0.2) is 4.68 Å². The second kappa shape index (κ2) is 3.80. The fourth-order valence-electron chi connectivity index (χ4n) is 1.07. The molecule has 0 atom stereocenters. The van der Waals surface area contributed by atoms with Gasteiger partial charge in [0.05, 0.1) is 6.54 Å². The van der Waals surface area contributed by atoms with E-state index in [2.05, 4.69) is 27.7 Å². The van der Waals surface area contributed by atoms with Crippen LogP contribution in [0.1, 0.15) is 5.56 Å². The molecule has 0 unspecified atom stereocenters. The maximum Gasteiger partial charge on any atom is 0.138 e. The average Bonchev–Trinajstić information content (AvgIpc) is 2.69. The van der Waals surface area contributed by atoms with E-state index in [1.807, 2.05) is 24.7 Å². The van der Waals surface area contributed by atoms with Crippen molar-refractivity contribution < 1.29 is 0 Å². The van der Waals surface area contributed by atoms with Gasteiger partial charge < -0.3 is 0 Å². The van der Waals surface area contributed by atoms with E-state index in [1.165, 1.54) is 5.56 Å². The monoisotopic (exact) mass is 173 g/mol. The van der Waals surface area contributed by atoms with Crippen LogP contribution in [0.5, 0.6) is 0 Å². The van der Waals surface area contributed by atoms with Crippen LogP contribution < -0.4 is 0 Å². The first-order valence-corrected chi connectivity index (χ1v) is 4.05. The molecule has 0 aliphatic heterocycles. The number of aromatic nitrogens is 4. The smallest absolute Gasteiger partial charge is 0.138 e. The van der Waals surface area contributed by atoms with Gasteiger partial charge in [0, 0.05) is 0 Å². The normalized spacial score (nSPS) is 10.2. The Morgan fingerprint density at radius 3 is 2.77 bits per heavy atom. The van der Waals surface area contributed by atoms with Gasteiger partial charge in [-0.05, 0) is 22.4 Å². The Labute approximate surface area is 76.2 Å². The zero-order valence-electron chi connectivity index (χ0n) is 7.04. The highest BCUT2D eigenvalue weighted by atomic mass is 15.5. The second-order valence-electron chi connectivity index (χ2n) is 2.66. The fraction of sp³-hybridized carbons (Fsp3) is 0.111. The average molecular weight is 173 g/mol. The van der Waals surface area contributed by atoms with Crippen LogP contribution in [0.3, 0.4) is 0 Å². The van der Waals surface area contributed by atoms with Crippen molar-refractivity contribution in [3.63, 3.8) is 0 Å². The topological polar surface area (TPSA) is 43.6 Å². The summed E-state index contributed by atoms with van der Waals surface area (Å²) in [6.07, 6.45) is 2.41. The lowest BCUT2D eigenvalue weighted by molar-refractivity contribution is 0.720. The summed E-state index contributed by atoms with van der Waals surface area (Å²) in [5, 5.41) is 10.8. The van der Waals surface area contributed by atoms with Gasteiger partial charge in [0.15, 0.2) is 0 Å². The van der Waals surface area contributed by atoms with Gasteiger partial charge >= 0.3 is 0 Å². The number of tetrazole rings is 1. The van der Waals surface area contributed by atoms with E-state index in [0.29, 0.717) is 0 Å². The molecule has 1 aromatic heterocycles. The zero-order valence-corrected chi connectivity index (χ0v) is 7.04. The molecule has 0 amide bonds. The number of rotatable bonds is 3. The van der Waals surface area contributed by atoms with Crippen molar-refractivity contribution in [1.82, 2.24) is 20.2 Å². The Bertz CT molecular complexity index is 341. The molecule has 0 spiro atoms. The summed E-state index contributed by atoms with van der Waals surface area (Å²) in [7, 11) is 0. The molecular weight excluding hydrogens is 164 g/mol. The molecular formula is C9H9N4. The molecule has 0 aliphatic rings. The van der Waals surface area contributed by atoms with Gasteiger partial charge in [0.1, 0.15) is 6.33 Å². The summed E-state index contributed by atoms with van der Waals surface area (Å²) in [6.45, 7) is 1.93. The maximum atomic E-state index is 3.73. The Balaban J connectivity index is 1.94. The van der Waals surface area contributed by atoms with Crippen molar-refractivity contribution in [3.8, 4) is 0 Å². The molecule has 0 fully saturated rings. The summed E-state index contributed by atoms with van der Waals surface area (Å²) in [5.41, 5.74) is 1.25. The lowest BCUT2D eigenvalue weighted by atomic mass is 10.2. The summed E-state index contributed by atoms with van der Waals surface area (Å²) in [5.74, 6) is 0. The highest BCUT2D eigenvalue weighted by Gasteiger charge is 1.94. The van der Waals surface area contributed by atoms with Crippen LogP contribution in [-0.4, -0.2) is 20.2 Å². The highest BCUT2D eigenvalue weighted by molar-refractivity contribution is 5.16. The van der Waals surface area contributed by atoms with Crippen LogP contribution in [0.2, 0.25) is 0 Å². The minimum absolute atomic E-state index is 0.839. The van der Waals surface area contributed by atoms with Crippen molar-refractivity contribution >= 4 is 0 Å². The first-order chi connectivity index (χ1) is 6.45. The SMILES string of the molecule is [CH](Cc1ccccc1)n1cnnn1. The van der Waals surface area contributed by atoms with E-state index in [0.717, 1.165) is 6.42 Å². The number of hydrogen-bond donors (Lipinski definition) is 0. The van der Waals surface area contributed by atoms with Crippen LogP contribution >= 0.6 is 0 Å². The van der Waals surface area contributed by atoms with Crippen molar-refractivity contribution in [2.24, 2.45) is 0 Å². The molecule has 4 heteroatoms. The molecule has 2 rings (SSSR count). The largest absolute Gasteiger partial charge is 0.227 e. The molecule has 0 N–H and O–H groups in total. The fourth-order valence-corrected chi connectivity index (χ4v) is 1.07. The molecule has 1 heterocycles. The quantitative estimate of drug-likeness (QED) is 0.693. The Morgan fingerprint density at radius 2 is 2.08 bits per heavy atom. The molecule has 1 aromatic carbocycles. The molecule has 65 valence electrons. The highest BCUT2D eigenvalue weighted by Crippen LogP contribution is 2.01. The lowest BCUT2D eigenvalue weighted by Crippen LogP contribution is -1.98. The van der Waals surface area contributed by atoms with Gasteiger partial charge in [-0.1, -0.05) is 30.3 Å². The van der Waals surface area contributed by atoms with Gasteiger partial charge in [-0.2, -0.15) is 0 Å². The molecule has 4 nitrogen and oxygen atoms in total. The Hall–Kier alpha value is -1.71. The van der Waals surface area contributed by atoms with Gasteiger partial charge in [-0.15, -0.1) is 5.10 Å². The van der Waals surface area contributed by atoms with E-state index in [4.69, 9.17) is 0 Å². The predicted molar refractivity (Wildman–Crippen MR) is 47.7 cm³/mol. The van der Waals surface area contributed by atoms with E-state index < -0.39 is 0 Å². The summed E-state index contributed by atoms with van der Waals surface area (Å²) in [4.78, 5) is 0. The summed E-state index contributed by atoms with van der Waals surface area (Å²) < 4.78 is 1.60. The van der Waals surface area contributed by atoms with Crippen LogP contribution in [0, 0.1) is 6.54 Å². The maximum absolute atomic E-state index is 3.73. The zero-order chi connectivity index (χ0) is 8.93. The summed E-state index contributed by atoms with van der Waals surface area (Å²) in [6, 6.07) is 10.2. The second-order valence-corrected chi connectivity index (χ2v) is 2.66. The summed E-state index contributed by atoms with van der Waals surface area (Å²) >= 11 is 0. The number of nitrogens with zero attached hydrogens (tertiary/aromatic N) is 4. The Kier molecular flexibility index (Phi) is 2.31. The third kappa shape index (κ3) is 2.11. The van der Waals surface area contributed by atoms with E-state index in [9.17, 15) is 0 Å². The van der Waals surface area contributed by atoms with Crippen molar-refractivity contribution in [1.29, 1.82) is 0 Å². The van der Waals surface area contributed by atoms with Gasteiger partial charge in [0.2, 0.25) is 0 Å². The van der Waals surface area contributed by atoms with Crippen LogP contribution in [0.4, 0.5) is 0 Å². The van der Waals surface area contributed by atoms with Crippen LogP contribution in [0.25, 0.3) is 0 Å². The molecule has 1 radical (unpaired) electrons. The number of hydrogen-bond acceptors (Lipinski definition) is 3. The minimum atomic E-state index is 0.839. The van der Waals surface area contributed by atoms with Crippen LogP contribution in [-0.2, 0) is 6.42 Å². The minimum Gasteiger partial charge on any atom is -0.227 e. The third-order valence-electron chi connectivity index (χ3n) is 1.72. The van der Waals surface area contributed by atoms with Gasteiger partial charge in [0.25, 0.3) is 0 Å².